The normalized spacial score (nSPS) is 9.91. The van der Waals surface area contributed by atoms with Crippen molar-refractivity contribution in [2.24, 2.45) is 11.5 Å². The Morgan fingerprint density at radius 2 is 1.45 bits per heavy atom. The van der Waals surface area contributed by atoms with Crippen LogP contribution in [-0.4, -0.2) is 23.8 Å². The molecule has 22 heavy (non-hydrogen) atoms. The molecule has 8 heteroatoms. The third-order valence-electron chi connectivity index (χ3n) is 2.86. The number of ether oxygens (including phenoxy) is 2. The molecule has 0 heterocycles. The van der Waals surface area contributed by atoms with E-state index < -0.39 is 23.8 Å². The van der Waals surface area contributed by atoms with E-state index in [0.717, 1.165) is 5.56 Å². The Morgan fingerprint density at radius 3 is 1.91 bits per heavy atom. The maximum absolute atomic E-state index is 11.4. The van der Waals surface area contributed by atoms with Gasteiger partial charge in [0.1, 0.15) is 0 Å². The van der Waals surface area contributed by atoms with E-state index in [1.807, 2.05) is 6.92 Å². The van der Waals surface area contributed by atoms with Crippen LogP contribution in [-0.2, 0) is 32.0 Å². The van der Waals surface area contributed by atoms with Crippen molar-refractivity contribution in [1.29, 1.82) is 0 Å². The van der Waals surface area contributed by atoms with Crippen molar-refractivity contribution in [3.63, 3.8) is 0 Å². The van der Waals surface area contributed by atoms with Crippen LogP contribution in [0.25, 0.3) is 0 Å². The van der Waals surface area contributed by atoms with E-state index >= 15 is 0 Å². The molecule has 1 aromatic carbocycles. The van der Waals surface area contributed by atoms with Gasteiger partial charge in [-0.3, -0.25) is 9.59 Å². The molecule has 0 bridgehead atoms. The Hall–Kier alpha value is -2.90. The third kappa shape index (κ3) is 3.81. The van der Waals surface area contributed by atoms with Crippen LogP contribution in [0.3, 0.4) is 0 Å². The molecule has 0 unspecified atom stereocenters. The maximum Gasteiger partial charge on any atom is 0.402 e. The highest BCUT2D eigenvalue weighted by atomic mass is 16.6. The topological polar surface area (TPSA) is 139 Å². The smallest absolute Gasteiger partial charge is 0.402 e. The Labute approximate surface area is 126 Å². The molecule has 0 aliphatic heterocycles. The number of primary amides is 2. The zero-order valence-corrected chi connectivity index (χ0v) is 12.2. The van der Waals surface area contributed by atoms with Crippen molar-refractivity contribution in [3.05, 3.63) is 23.3 Å². The van der Waals surface area contributed by atoms with E-state index in [9.17, 15) is 19.2 Å². The summed E-state index contributed by atoms with van der Waals surface area (Å²) in [7, 11) is 0. The number of rotatable bonds is 4. The molecule has 2 amide bonds. The molecule has 0 saturated heterocycles. The molecule has 8 nitrogen and oxygen atoms in total. The van der Waals surface area contributed by atoms with Crippen molar-refractivity contribution in [2.45, 2.75) is 26.7 Å². The van der Waals surface area contributed by atoms with Gasteiger partial charge in [-0.05, 0) is 24.5 Å². The van der Waals surface area contributed by atoms with Crippen molar-refractivity contribution in [3.8, 4) is 11.5 Å². The lowest BCUT2D eigenvalue weighted by atomic mass is 10.0. The zero-order valence-electron chi connectivity index (χ0n) is 12.2. The molecular formula is C14H16N2O6. The average molecular weight is 308 g/mol. The summed E-state index contributed by atoms with van der Waals surface area (Å²) in [6, 6.07) is 3.01. The molecule has 0 aliphatic rings. The molecular weight excluding hydrogens is 292 g/mol. The van der Waals surface area contributed by atoms with E-state index in [1.54, 1.807) is 13.0 Å². The van der Waals surface area contributed by atoms with Gasteiger partial charge < -0.3 is 20.9 Å². The number of hydrogen-bond acceptors (Lipinski definition) is 6. The minimum absolute atomic E-state index is 0.125. The lowest BCUT2D eigenvalue weighted by molar-refractivity contribution is -0.148. The van der Waals surface area contributed by atoms with Crippen LogP contribution in [0, 0.1) is 0 Å². The van der Waals surface area contributed by atoms with Gasteiger partial charge in [-0.25, -0.2) is 9.59 Å². The summed E-state index contributed by atoms with van der Waals surface area (Å²) >= 11 is 0. The van der Waals surface area contributed by atoms with Crippen LogP contribution in [0.5, 0.6) is 11.5 Å². The highest BCUT2D eigenvalue weighted by Gasteiger charge is 2.23. The Balaban J connectivity index is 3.36. The maximum atomic E-state index is 11.4. The number of nitrogens with two attached hydrogens (primary N) is 2. The first-order valence-electron chi connectivity index (χ1n) is 6.49. The van der Waals surface area contributed by atoms with Gasteiger partial charge >= 0.3 is 23.8 Å². The number of carbonyl (C=O) groups excluding carboxylic acids is 4. The minimum atomic E-state index is -1.32. The fourth-order valence-corrected chi connectivity index (χ4v) is 1.85. The summed E-state index contributed by atoms with van der Waals surface area (Å²) in [6.07, 6.45) is 1.06. The second-order valence-electron chi connectivity index (χ2n) is 4.25. The second kappa shape index (κ2) is 7.21. The molecule has 0 saturated carbocycles. The monoisotopic (exact) mass is 308 g/mol. The van der Waals surface area contributed by atoms with Crippen LogP contribution in [0.2, 0.25) is 0 Å². The van der Waals surface area contributed by atoms with Crippen molar-refractivity contribution in [2.75, 3.05) is 0 Å². The molecule has 0 atom stereocenters. The van der Waals surface area contributed by atoms with E-state index in [0.29, 0.717) is 18.4 Å². The summed E-state index contributed by atoms with van der Waals surface area (Å²) in [6.45, 7) is 3.67. The Kier molecular flexibility index (Phi) is 5.62. The first-order chi connectivity index (χ1) is 10.3. The molecule has 0 aromatic heterocycles. The first-order valence-corrected chi connectivity index (χ1v) is 6.49. The molecule has 0 radical (unpaired) electrons. The lowest BCUT2D eigenvalue weighted by Crippen LogP contribution is -2.30. The number of carbonyl (C=O) groups is 4. The van der Waals surface area contributed by atoms with Gasteiger partial charge in [0.15, 0.2) is 11.5 Å². The van der Waals surface area contributed by atoms with Gasteiger partial charge in [0.2, 0.25) is 0 Å². The summed E-state index contributed by atoms with van der Waals surface area (Å²) in [5, 5.41) is 0. The van der Waals surface area contributed by atoms with E-state index in [-0.39, 0.29) is 11.5 Å². The average Bonchev–Trinajstić information content (AvgIpc) is 2.47. The predicted octanol–water partition coefficient (Wildman–Crippen LogP) is -0.407. The highest BCUT2D eigenvalue weighted by molar-refractivity contribution is 6.33. The van der Waals surface area contributed by atoms with Gasteiger partial charge in [-0.2, -0.15) is 0 Å². The number of hydrogen-bond donors (Lipinski definition) is 2. The number of benzene rings is 1. The molecule has 118 valence electrons. The minimum Gasteiger partial charge on any atom is -0.415 e. The van der Waals surface area contributed by atoms with E-state index in [2.05, 4.69) is 0 Å². The lowest BCUT2D eigenvalue weighted by Gasteiger charge is -2.15. The van der Waals surface area contributed by atoms with Gasteiger partial charge in [-0.1, -0.05) is 19.9 Å². The van der Waals surface area contributed by atoms with Crippen LogP contribution in [0.4, 0.5) is 0 Å². The fourth-order valence-electron chi connectivity index (χ4n) is 1.85. The number of aryl methyl sites for hydroxylation is 1. The number of amides is 2. The first kappa shape index (κ1) is 17.2. The predicted molar refractivity (Wildman–Crippen MR) is 74.9 cm³/mol. The van der Waals surface area contributed by atoms with Crippen molar-refractivity contribution >= 4 is 23.8 Å². The van der Waals surface area contributed by atoms with E-state index in [1.165, 1.54) is 6.07 Å². The Bertz CT molecular complexity index is 638. The molecule has 1 aromatic rings. The van der Waals surface area contributed by atoms with Crippen molar-refractivity contribution in [1.82, 2.24) is 0 Å². The van der Waals surface area contributed by atoms with Crippen molar-refractivity contribution < 1.29 is 28.7 Å². The highest BCUT2D eigenvalue weighted by Crippen LogP contribution is 2.35. The summed E-state index contributed by atoms with van der Waals surface area (Å²) in [4.78, 5) is 44.4. The van der Waals surface area contributed by atoms with Gasteiger partial charge in [0.25, 0.3) is 0 Å². The van der Waals surface area contributed by atoms with E-state index in [4.69, 9.17) is 20.9 Å². The second-order valence-corrected chi connectivity index (χ2v) is 4.25. The summed E-state index contributed by atoms with van der Waals surface area (Å²) in [5.41, 5.74) is 11.1. The third-order valence-corrected chi connectivity index (χ3v) is 2.86. The van der Waals surface area contributed by atoms with Crippen LogP contribution >= 0.6 is 0 Å². The SMILES string of the molecule is CCc1ccc(OC(=O)C(N)=O)c(OC(=O)C(N)=O)c1CC. The Morgan fingerprint density at radius 1 is 0.909 bits per heavy atom. The molecule has 0 spiro atoms. The summed E-state index contributed by atoms with van der Waals surface area (Å²) in [5.74, 6) is -5.53. The van der Waals surface area contributed by atoms with Gasteiger partial charge in [0, 0.05) is 5.56 Å². The van der Waals surface area contributed by atoms with Gasteiger partial charge in [-0.15, -0.1) is 0 Å². The zero-order chi connectivity index (χ0) is 16.9. The van der Waals surface area contributed by atoms with Gasteiger partial charge in [0.05, 0.1) is 0 Å². The van der Waals surface area contributed by atoms with Crippen LogP contribution in [0.1, 0.15) is 25.0 Å². The quantitative estimate of drug-likeness (QED) is 0.440. The molecule has 1 rings (SSSR count). The fraction of sp³-hybridized carbons (Fsp3) is 0.286. The van der Waals surface area contributed by atoms with Crippen LogP contribution in [0.15, 0.2) is 12.1 Å². The largest absolute Gasteiger partial charge is 0.415 e. The molecule has 0 aliphatic carbocycles. The number of esters is 2. The molecule has 0 fully saturated rings. The summed E-state index contributed by atoms with van der Waals surface area (Å²) < 4.78 is 9.70. The standard InChI is InChI=1S/C14H16N2O6/c1-3-7-5-6-9(21-13(19)11(15)17)10(8(7)4-2)22-14(20)12(16)18/h5-6H,3-4H2,1-2H3,(H2,15,17)(H2,16,18). The molecule has 4 N–H and O–H groups in total. The van der Waals surface area contributed by atoms with Crippen LogP contribution < -0.4 is 20.9 Å².